The van der Waals surface area contributed by atoms with Crippen LogP contribution in [0.2, 0.25) is 0 Å². The number of hydrogen-bond donors (Lipinski definition) is 1. The van der Waals surface area contributed by atoms with Gasteiger partial charge in [0.1, 0.15) is 5.82 Å². The SMILES string of the molecule is OCc1cccc(CCN2CCCCC2)c1F. The maximum Gasteiger partial charge on any atom is 0.131 e. The van der Waals surface area contributed by atoms with Gasteiger partial charge in [0.2, 0.25) is 0 Å². The van der Waals surface area contributed by atoms with Crippen molar-refractivity contribution in [1.29, 1.82) is 0 Å². The molecule has 0 saturated carbocycles. The van der Waals surface area contributed by atoms with Crippen LogP contribution in [-0.4, -0.2) is 29.6 Å². The van der Waals surface area contributed by atoms with Crippen molar-refractivity contribution in [3.63, 3.8) is 0 Å². The summed E-state index contributed by atoms with van der Waals surface area (Å²) in [5.74, 6) is -0.230. The second-order valence-corrected chi connectivity index (χ2v) is 4.70. The van der Waals surface area contributed by atoms with Gasteiger partial charge in [-0.1, -0.05) is 24.6 Å². The quantitative estimate of drug-likeness (QED) is 0.869. The molecule has 0 unspecified atom stereocenters. The highest BCUT2D eigenvalue weighted by Crippen LogP contribution is 2.15. The number of hydrogen-bond acceptors (Lipinski definition) is 2. The minimum Gasteiger partial charge on any atom is -0.392 e. The van der Waals surface area contributed by atoms with Crippen LogP contribution in [0.15, 0.2) is 18.2 Å². The molecule has 2 nitrogen and oxygen atoms in total. The lowest BCUT2D eigenvalue weighted by Gasteiger charge is -2.26. The Kier molecular flexibility index (Phi) is 4.51. The Hall–Kier alpha value is -0.930. The van der Waals surface area contributed by atoms with Gasteiger partial charge in [0.25, 0.3) is 0 Å². The average molecular weight is 237 g/mol. The van der Waals surface area contributed by atoms with Crippen LogP contribution in [0.25, 0.3) is 0 Å². The molecule has 1 aromatic carbocycles. The summed E-state index contributed by atoms with van der Waals surface area (Å²) < 4.78 is 13.8. The van der Waals surface area contributed by atoms with E-state index in [9.17, 15) is 4.39 Å². The Bertz CT molecular complexity index is 361. The fourth-order valence-electron chi connectivity index (χ4n) is 2.41. The molecule has 0 atom stereocenters. The largest absolute Gasteiger partial charge is 0.392 e. The van der Waals surface area contributed by atoms with Gasteiger partial charge in [0, 0.05) is 12.1 Å². The first-order chi connectivity index (χ1) is 8.31. The molecule has 94 valence electrons. The van der Waals surface area contributed by atoms with Crippen molar-refractivity contribution in [3.05, 3.63) is 35.1 Å². The van der Waals surface area contributed by atoms with Crippen LogP contribution < -0.4 is 0 Å². The molecule has 0 radical (unpaired) electrons. The minimum absolute atomic E-state index is 0.219. The molecule has 0 bridgehead atoms. The van der Waals surface area contributed by atoms with Gasteiger partial charge in [-0.05, 0) is 37.9 Å². The Morgan fingerprint density at radius 3 is 2.53 bits per heavy atom. The number of halogens is 1. The zero-order valence-electron chi connectivity index (χ0n) is 10.2. The Balaban J connectivity index is 1.93. The Morgan fingerprint density at radius 1 is 1.12 bits per heavy atom. The van der Waals surface area contributed by atoms with Crippen LogP contribution in [-0.2, 0) is 13.0 Å². The number of nitrogens with zero attached hydrogens (tertiary/aromatic N) is 1. The van der Waals surface area contributed by atoms with E-state index >= 15 is 0 Å². The van der Waals surface area contributed by atoms with E-state index < -0.39 is 0 Å². The molecule has 0 spiro atoms. The topological polar surface area (TPSA) is 23.5 Å². The molecular formula is C14H20FNO. The van der Waals surface area contributed by atoms with Gasteiger partial charge in [-0.25, -0.2) is 4.39 Å². The fraction of sp³-hybridized carbons (Fsp3) is 0.571. The maximum absolute atomic E-state index is 13.8. The minimum atomic E-state index is -0.230. The monoisotopic (exact) mass is 237 g/mol. The highest BCUT2D eigenvalue weighted by molar-refractivity contribution is 5.25. The zero-order chi connectivity index (χ0) is 12.1. The standard InChI is InChI=1S/C14H20FNO/c15-14-12(5-4-6-13(14)11-17)7-10-16-8-2-1-3-9-16/h4-6,17H,1-3,7-11H2. The van der Waals surface area contributed by atoms with E-state index in [1.54, 1.807) is 6.07 Å². The van der Waals surface area contributed by atoms with E-state index in [1.807, 2.05) is 12.1 Å². The number of aliphatic hydroxyl groups excluding tert-OH is 1. The van der Waals surface area contributed by atoms with Gasteiger partial charge in [-0.2, -0.15) is 0 Å². The third-order valence-electron chi connectivity index (χ3n) is 3.48. The second kappa shape index (κ2) is 6.12. The van der Waals surface area contributed by atoms with Crippen molar-refractivity contribution in [1.82, 2.24) is 4.90 Å². The summed E-state index contributed by atoms with van der Waals surface area (Å²) in [6.07, 6.45) is 4.59. The van der Waals surface area contributed by atoms with Crippen LogP contribution in [0, 0.1) is 5.82 Å². The number of likely N-dealkylation sites (tertiary alicyclic amines) is 1. The van der Waals surface area contributed by atoms with Crippen LogP contribution >= 0.6 is 0 Å². The van der Waals surface area contributed by atoms with Crippen molar-refractivity contribution < 1.29 is 9.50 Å². The van der Waals surface area contributed by atoms with Gasteiger partial charge in [-0.3, -0.25) is 0 Å². The molecule has 1 aliphatic heterocycles. The lowest BCUT2D eigenvalue weighted by atomic mass is 10.1. The second-order valence-electron chi connectivity index (χ2n) is 4.70. The molecule has 1 aliphatic rings. The number of rotatable bonds is 4. The van der Waals surface area contributed by atoms with Gasteiger partial charge in [-0.15, -0.1) is 0 Å². The molecule has 2 rings (SSSR count). The van der Waals surface area contributed by atoms with Crippen molar-refractivity contribution >= 4 is 0 Å². The average Bonchev–Trinajstić information content (AvgIpc) is 2.39. The summed E-state index contributed by atoms with van der Waals surface area (Å²) in [7, 11) is 0. The van der Waals surface area contributed by atoms with Gasteiger partial charge < -0.3 is 10.0 Å². The van der Waals surface area contributed by atoms with Crippen LogP contribution in [0.5, 0.6) is 0 Å². The van der Waals surface area contributed by atoms with Crippen LogP contribution in [0.1, 0.15) is 30.4 Å². The van der Waals surface area contributed by atoms with E-state index in [4.69, 9.17) is 5.11 Å². The summed E-state index contributed by atoms with van der Waals surface area (Å²) >= 11 is 0. The molecule has 1 heterocycles. The number of aliphatic hydroxyl groups is 1. The summed E-state index contributed by atoms with van der Waals surface area (Å²) in [6.45, 7) is 2.98. The molecule has 3 heteroatoms. The normalized spacial score (nSPS) is 17.3. The van der Waals surface area contributed by atoms with Gasteiger partial charge in [0.15, 0.2) is 0 Å². The smallest absolute Gasteiger partial charge is 0.131 e. The molecular weight excluding hydrogens is 217 g/mol. The van der Waals surface area contributed by atoms with E-state index in [1.165, 1.54) is 19.3 Å². The lowest BCUT2D eigenvalue weighted by Crippen LogP contribution is -2.31. The van der Waals surface area contributed by atoms with E-state index in [2.05, 4.69) is 4.90 Å². The fourth-order valence-corrected chi connectivity index (χ4v) is 2.41. The predicted octanol–water partition coefficient (Wildman–Crippen LogP) is 2.35. The highest BCUT2D eigenvalue weighted by Gasteiger charge is 2.12. The molecule has 1 aromatic rings. The summed E-state index contributed by atoms with van der Waals surface area (Å²) in [4.78, 5) is 2.40. The summed E-state index contributed by atoms with van der Waals surface area (Å²) in [6, 6.07) is 5.28. The summed E-state index contributed by atoms with van der Waals surface area (Å²) in [5, 5.41) is 9.01. The highest BCUT2D eigenvalue weighted by atomic mass is 19.1. The van der Waals surface area contributed by atoms with Crippen molar-refractivity contribution in [2.45, 2.75) is 32.3 Å². The third kappa shape index (κ3) is 3.27. The van der Waals surface area contributed by atoms with Gasteiger partial charge >= 0.3 is 0 Å². The number of benzene rings is 1. The van der Waals surface area contributed by atoms with E-state index in [0.29, 0.717) is 5.56 Å². The first kappa shape index (κ1) is 12.5. The molecule has 1 N–H and O–H groups in total. The molecule has 17 heavy (non-hydrogen) atoms. The lowest BCUT2D eigenvalue weighted by molar-refractivity contribution is 0.230. The first-order valence-corrected chi connectivity index (χ1v) is 6.41. The van der Waals surface area contributed by atoms with Crippen LogP contribution in [0.3, 0.4) is 0 Å². The molecule has 1 saturated heterocycles. The zero-order valence-corrected chi connectivity index (χ0v) is 10.2. The maximum atomic E-state index is 13.8. The molecule has 1 fully saturated rings. The van der Waals surface area contributed by atoms with Crippen molar-refractivity contribution in [2.75, 3.05) is 19.6 Å². The van der Waals surface area contributed by atoms with Crippen LogP contribution in [0.4, 0.5) is 4.39 Å². The van der Waals surface area contributed by atoms with E-state index in [0.717, 1.165) is 31.6 Å². The Labute approximate surface area is 102 Å². The van der Waals surface area contributed by atoms with E-state index in [-0.39, 0.29) is 12.4 Å². The Morgan fingerprint density at radius 2 is 1.82 bits per heavy atom. The number of piperidine rings is 1. The molecule has 0 amide bonds. The summed E-state index contributed by atoms with van der Waals surface area (Å²) in [5.41, 5.74) is 1.13. The van der Waals surface area contributed by atoms with Crippen molar-refractivity contribution in [2.24, 2.45) is 0 Å². The van der Waals surface area contributed by atoms with Gasteiger partial charge in [0.05, 0.1) is 6.61 Å². The first-order valence-electron chi connectivity index (χ1n) is 6.41. The predicted molar refractivity (Wildman–Crippen MR) is 66.3 cm³/mol. The molecule has 0 aromatic heterocycles. The van der Waals surface area contributed by atoms with Crippen molar-refractivity contribution in [3.8, 4) is 0 Å². The molecule has 0 aliphatic carbocycles. The third-order valence-corrected chi connectivity index (χ3v) is 3.48.